The molecule has 0 spiro atoms. The van der Waals surface area contributed by atoms with Crippen molar-refractivity contribution >= 4 is 32.9 Å². The molecule has 0 bridgehead atoms. The maximum Gasteiger partial charge on any atom is 0.215 e. The Morgan fingerprint density at radius 3 is 2.75 bits per heavy atom. The summed E-state index contributed by atoms with van der Waals surface area (Å²) in [5.41, 5.74) is 0. The van der Waals surface area contributed by atoms with Crippen molar-refractivity contribution in [2.75, 3.05) is 6.26 Å². The lowest BCUT2D eigenvalue weighted by molar-refractivity contribution is 0.603. The summed E-state index contributed by atoms with van der Waals surface area (Å²) in [4.78, 5) is 8.09. The summed E-state index contributed by atoms with van der Waals surface area (Å²) in [6, 6.07) is 0. The third-order valence-corrected chi connectivity index (χ3v) is 5.31. The van der Waals surface area contributed by atoms with Gasteiger partial charge in [0.2, 0.25) is 5.16 Å². The lowest BCUT2D eigenvalue weighted by Gasteiger charge is -1.88. The zero-order chi connectivity index (χ0) is 11.8. The van der Waals surface area contributed by atoms with E-state index in [0.29, 0.717) is 15.3 Å². The van der Waals surface area contributed by atoms with E-state index in [0.717, 1.165) is 17.6 Å². The van der Waals surface area contributed by atoms with Gasteiger partial charge in [0.1, 0.15) is 10.0 Å². The van der Waals surface area contributed by atoms with Gasteiger partial charge in [-0.15, -0.1) is 5.10 Å². The van der Waals surface area contributed by atoms with Crippen molar-refractivity contribution in [1.29, 1.82) is 0 Å². The topological polar surface area (TPSA) is 88.6 Å². The molecule has 0 radical (unpaired) electrons. The molecule has 0 fully saturated rings. The van der Waals surface area contributed by atoms with E-state index >= 15 is 0 Å². The Bertz CT molecular complexity index is 601. The maximum absolute atomic E-state index is 11.2. The summed E-state index contributed by atoms with van der Waals surface area (Å²) in [7, 11) is -3.18. The smallest absolute Gasteiger partial charge is 0.215 e. The lowest BCUT2D eigenvalue weighted by Crippen LogP contribution is -1.91. The first-order valence-electron chi connectivity index (χ1n) is 4.18. The van der Waals surface area contributed by atoms with Crippen LogP contribution in [0, 0.1) is 6.92 Å². The van der Waals surface area contributed by atoms with Gasteiger partial charge in [0.15, 0.2) is 14.2 Å². The number of H-pyrrole nitrogens is 1. The number of rotatable bonds is 3. The molecule has 2 heterocycles. The average molecular weight is 276 g/mol. The highest BCUT2D eigenvalue weighted by Gasteiger charge is 2.13. The molecule has 2 rings (SSSR count). The number of hydrogen-bond donors (Lipinski definition) is 1. The number of hydrogen-bond acceptors (Lipinski definition) is 7. The molecule has 2 aromatic heterocycles. The molecular formula is C7H8N4O2S3. The van der Waals surface area contributed by atoms with Crippen LogP contribution in [-0.2, 0) is 9.84 Å². The Morgan fingerprint density at radius 2 is 2.25 bits per heavy atom. The largest absolute Gasteiger partial charge is 0.262 e. The summed E-state index contributed by atoms with van der Waals surface area (Å²) in [6.07, 6.45) is 2.51. The SMILES string of the molecule is Cc1nc(Sc2ncc(S(C)(=O)=O)s2)n[nH]1. The van der Waals surface area contributed by atoms with Gasteiger partial charge in [0, 0.05) is 6.26 Å². The second-order valence-electron chi connectivity index (χ2n) is 3.02. The molecule has 6 nitrogen and oxygen atoms in total. The quantitative estimate of drug-likeness (QED) is 0.903. The number of nitrogens with zero attached hydrogens (tertiary/aromatic N) is 3. The first-order chi connectivity index (χ1) is 7.45. The Kier molecular flexibility index (Phi) is 3.00. The average Bonchev–Trinajstić information content (AvgIpc) is 2.74. The predicted molar refractivity (Wildman–Crippen MR) is 60.5 cm³/mol. The Labute approximate surface area is 100 Å². The van der Waals surface area contributed by atoms with Crippen LogP contribution in [0.2, 0.25) is 0 Å². The van der Waals surface area contributed by atoms with Crippen molar-refractivity contribution in [2.24, 2.45) is 0 Å². The van der Waals surface area contributed by atoms with Crippen molar-refractivity contribution < 1.29 is 8.42 Å². The Hall–Kier alpha value is -0.930. The van der Waals surface area contributed by atoms with Crippen molar-refractivity contribution in [3.63, 3.8) is 0 Å². The van der Waals surface area contributed by atoms with Gasteiger partial charge in [-0.2, -0.15) is 0 Å². The van der Waals surface area contributed by atoms with E-state index in [2.05, 4.69) is 20.2 Å². The molecule has 1 N–H and O–H groups in total. The molecule has 0 atom stereocenters. The van der Waals surface area contributed by atoms with Crippen LogP contribution in [0.4, 0.5) is 0 Å². The molecule has 86 valence electrons. The molecule has 0 unspecified atom stereocenters. The van der Waals surface area contributed by atoms with Gasteiger partial charge in [0.25, 0.3) is 0 Å². The fourth-order valence-corrected chi connectivity index (χ4v) is 3.73. The molecule has 0 aliphatic rings. The number of aryl methyl sites for hydroxylation is 1. The number of sulfone groups is 1. The standard InChI is InChI=1S/C7H8N4O2S3/c1-4-9-6(11-10-4)15-7-8-3-5(14-7)16(2,12)13/h3H,1-2H3,(H,9,10,11). The number of aromatic amines is 1. The van der Waals surface area contributed by atoms with Gasteiger partial charge in [-0.1, -0.05) is 11.3 Å². The number of nitrogens with one attached hydrogen (secondary N) is 1. The van der Waals surface area contributed by atoms with Crippen LogP contribution in [0.5, 0.6) is 0 Å². The van der Waals surface area contributed by atoms with Crippen LogP contribution in [0.25, 0.3) is 0 Å². The number of aromatic nitrogens is 4. The maximum atomic E-state index is 11.2. The monoisotopic (exact) mass is 276 g/mol. The highest BCUT2D eigenvalue weighted by Crippen LogP contribution is 2.30. The van der Waals surface area contributed by atoms with E-state index < -0.39 is 9.84 Å². The minimum Gasteiger partial charge on any atom is -0.262 e. The van der Waals surface area contributed by atoms with Gasteiger partial charge >= 0.3 is 0 Å². The summed E-state index contributed by atoms with van der Waals surface area (Å²) in [5.74, 6) is 0.711. The van der Waals surface area contributed by atoms with Crippen molar-refractivity contribution in [2.45, 2.75) is 20.6 Å². The number of thiazole rings is 1. The van der Waals surface area contributed by atoms with Crippen LogP contribution in [0.3, 0.4) is 0 Å². The Balaban J connectivity index is 2.21. The van der Waals surface area contributed by atoms with Crippen molar-refractivity contribution in [3.8, 4) is 0 Å². The molecule has 0 aliphatic carbocycles. The van der Waals surface area contributed by atoms with Crippen LogP contribution in [0.1, 0.15) is 5.82 Å². The third kappa shape index (κ3) is 2.60. The summed E-state index contributed by atoms with van der Waals surface area (Å²) < 4.78 is 23.3. The highest BCUT2D eigenvalue weighted by molar-refractivity contribution is 8.01. The van der Waals surface area contributed by atoms with Gasteiger partial charge < -0.3 is 0 Å². The fraction of sp³-hybridized carbons (Fsp3) is 0.286. The molecule has 0 amide bonds. The van der Waals surface area contributed by atoms with Gasteiger partial charge in [-0.05, 0) is 18.7 Å². The van der Waals surface area contributed by atoms with E-state index in [1.165, 1.54) is 18.0 Å². The van der Waals surface area contributed by atoms with E-state index in [4.69, 9.17) is 0 Å². The molecule has 16 heavy (non-hydrogen) atoms. The minimum absolute atomic E-state index is 0.252. The minimum atomic E-state index is -3.18. The van der Waals surface area contributed by atoms with Crippen molar-refractivity contribution in [3.05, 3.63) is 12.0 Å². The van der Waals surface area contributed by atoms with Crippen LogP contribution < -0.4 is 0 Å². The first kappa shape index (κ1) is 11.6. The van der Waals surface area contributed by atoms with E-state index in [9.17, 15) is 8.42 Å². The van der Waals surface area contributed by atoms with Crippen LogP contribution in [-0.4, -0.2) is 34.8 Å². The van der Waals surface area contributed by atoms with Gasteiger partial charge in [0.05, 0.1) is 6.20 Å². The molecule has 0 saturated heterocycles. The zero-order valence-electron chi connectivity index (χ0n) is 8.46. The normalized spacial score (nSPS) is 11.9. The van der Waals surface area contributed by atoms with Crippen molar-refractivity contribution in [1.82, 2.24) is 20.2 Å². The second kappa shape index (κ2) is 4.15. The van der Waals surface area contributed by atoms with Crippen LogP contribution in [0.15, 0.2) is 19.9 Å². The van der Waals surface area contributed by atoms with Crippen LogP contribution >= 0.6 is 23.1 Å². The molecular weight excluding hydrogens is 268 g/mol. The third-order valence-electron chi connectivity index (χ3n) is 1.58. The van der Waals surface area contributed by atoms with E-state index in [1.807, 2.05) is 0 Å². The summed E-state index contributed by atoms with van der Waals surface area (Å²) in [5, 5.41) is 7.16. The fourth-order valence-electron chi connectivity index (χ4n) is 0.909. The van der Waals surface area contributed by atoms with Gasteiger partial charge in [-0.25, -0.2) is 18.4 Å². The highest BCUT2D eigenvalue weighted by atomic mass is 32.2. The predicted octanol–water partition coefficient (Wildman–Crippen LogP) is 1.12. The second-order valence-corrected chi connectivity index (χ2v) is 7.51. The molecule has 0 aromatic carbocycles. The molecule has 9 heteroatoms. The zero-order valence-corrected chi connectivity index (χ0v) is 10.9. The molecule has 0 saturated carbocycles. The summed E-state index contributed by atoms with van der Waals surface area (Å²) >= 11 is 2.35. The first-order valence-corrected chi connectivity index (χ1v) is 7.70. The van der Waals surface area contributed by atoms with E-state index in [-0.39, 0.29) is 4.21 Å². The molecule has 0 aliphatic heterocycles. The summed E-state index contributed by atoms with van der Waals surface area (Å²) in [6.45, 7) is 1.79. The molecule has 2 aromatic rings. The lowest BCUT2D eigenvalue weighted by atomic mass is 10.8. The Morgan fingerprint density at radius 1 is 1.50 bits per heavy atom. The van der Waals surface area contributed by atoms with E-state index in [1.54, 1.807) is 6.92 Å². The van der Waals surface area contributed by atoms with Gasteiger partial charge in [-0.3, -0.25) is 5.10 Å².